The third-order valence-corrected chi connectivity index (χ3v) is 6.86. The van der Waals surface area contributed by atoms with Crippen LogP contribution >= 0.6 is 0 Å². The van der Waals surface area contributed by atoms with Gasteiger partial charge in [-0.2, -0.15) is 0 Å². The number of ether oxygens (including phenoxy) is 1. The van der Waals surface area contributed by atoms with Crippen LogP contribution in [0, 0.1) is 5.92 Å². The first-order valence-electron chi connectivity index (χ1n) is 11.5. The van der Waals surface area contributed by atoms with Crippen LogP contribution in [-0.4, -0.2) is 29.9 Å². The molecule has 0 bridgehead atoms. The molecule has 1 heterocycles. The van der Waals surface area contributed by atoms with Gasteiger partial charge in [-0.3, -0.25) is 9.69 Å². The van der Waals surface area contributed by atoms with Crippen LogP contribution in [0.1, 0.15) is 36.4 Å². The van der Waals surface area contributed by atoms with Gasteiger partial charge >= 0.3 is 6.03 Å². The minimum atomic E-state index is -0.247. The Morgan fingerprint density at radius 3 is 2.15 bits per heavy atom. The normalized spacial score (nSPS) is 22.8. The van der Waals surface area contributed by atoms with Crippen molar-refractivity contribution in [1.82, 2.24) is 4.90 Å². The fourth-order valence-electron chi connectivity index (χ4n) is 5.31. The van der Waals surface area contributed by atoms with Crippen LogP contribution in [0.25, 0.3) is 0 Å². The summed E-state index contributed by atoms with van der Waals surface area (Å²) >= 11 is 0. The fraction of sp³-hybridized carbons (Fsp3) is 0.286. The number of nitrogens with zero attached hydrogens (tertiary/aromatic N) is 2. The number of methoxy groups -OCH3 is 1. The van der Waals surface area contributed by atoms with Gasteiger partial charge in [-0.05, 0) is 48.2 Å². The summed E-state index contributed by atoms with van der Waals surface area (Å²) in [6.07, 6.45) is 2.30. The van der Waals surface area contributed by atoms with Crippen molar-refractivity contribution in [3.63, 3.8) is 0 Å². The molecule has 1 unspecified atom stereocenters. The lowest BCUT2D eigenvalue weighted by Crippen LogP contribution is -2.41. The molecule has 5 nitrogen and oxygen atoms in total. The Balaban J connectivity index is 1.63. The number of amides is 2. The number of carbonyl (C=O) groups excluding carboxylic acids is 2. The number of hydrogen-bond acceptors (Lipinski definition) is 3. The summed E-state index contributed by atoms with van der Waals surface area (Å²) in [5.74, 6) is 0.847. The molecule has 168 valence electrons. The second-order valence-corrected chi connectivity index (χ2v) is 8.78. The molecule has 5 heteroatoms. The average Bonchev–Trinajstić information content (AvgIpc) is 3.40. The van der Waals surface area contributed by atoms with Gasteiger partial charge in [-0.15, -0.1) is 0 Å². The lowest BCUT2D eigenvalue weighted by Gasteiger charge is -2.32. The van der Waals surface area contributed by atoms with Crippen molar-refractivity contribution in [2.45, 2.75) is 37.9 Å². The molecule has 1 aliphatic carbocycles. The second-order valence-electron chi connectivity index (χ2n) is 8.78. The number of benzene rings is 3. The predicted molar refractivity (Wildman–Crippen MR) is 128 cm³/mol. The summed E-state index contributed by atoms with van der Waals surface area (Å²) in [5.41, 5.74) is 2.91. The first-order chi connectivity index (χ1) is 16.2. The van der Waals surface area contributed by atoms with Gasteiger partial charge in [0.15, 0.2) is 0 Å². The molecular weight excluding hydrogens is 412 g/mol. The lowest BCUT2D eigenvalue weighted by atomic mass is 9.86. The first-order valence-corrected chi connectivity index (χ1v) is 11.5. The third-order valence-electron chi connectivity index (χ3n) is 6.86. The Morgan fingerprint density at radius 1 is 0.879 bits per heavy atom. The number of anilines is 1. The van der Waals surface area contributed by atoms with Crippen molar-refractivity contribution >= 4 is 17.5 Å². The van der Waals surface area contributed by atoms with Crippen LogP contribution in [0.3, 0.4) is 0 Å². The highest BCUT2D eigenvalue weighted by molar-refractivity contribution is 5.97. The minimum Gasteiger partial charge on any atom is -0.497 e. The van der Waals surface area contributed by atoms with Gasteiger partial charge in [0.2, 0.25) is 0 Å². The van der Waals surface area contributed by atoms with Crippen LogP contribution in [0.5, 0.6) is 5.75 Å². The zero-order valence-corrected chi connectivity index (χ0v) is 18.8. The molecule has 0 aromatic heterocycles. The van der Waals surface area contributed by atoms with Crippen molar-refractivity contribution in [3.8, 4) is 5.75 Å². The highest BCUT2D eigenvalue weighted by Crippen LogP contribution is 2.45. The summed E-state index contributed by atoms with van der Waals surface area (Å²) in [5, 5.41) is 0. The number of hydrogen-bond donors (Lipinski definition) is 0. The van der Waals surface area contributed by atoms with Gasteiger partial charge in [-0.25, -0.2) is 4.79 Å². The van der Waals surface area contributed by atoms with E-state index in [-0.39, 0.29) is 29.8 Å². The molecule has 0 radical (unpaired) electrons. The zero-order chi connectivity index (χ0) is 22.8. The second kappa shape index (κ2) is 9.10. The Hall–Kier alpha value is -3.60. The van der Waals surface area contributed by atoms with E-state index >= 15 is 0 Å². The summed E-state index contributed by atoms with van der Waals surface area (Å²) in [4.78, 5) is 30.8. The topological polar surface area (TPSA) is 49.9 Å². The standard InChI is InChI=1S/C28H28N2O3/c1-33-23-17-15-22(16-18-23)30-26(21-11-6-3-7-12-21)27(24-13-8-14-25(24)31)29(28(30)32)19-20-9-4-2-5-10-20/h2-7,9-12,15-18,24,26-27H,8,13-14,19H2,1H3/t24?,26-,27-/m1/s1. The highest BCUT2D eigenvalue weighted by atomic mass is 16.5. The van der Waals surface area contributed by atoms with Gasteiger partial charge in [-0.1, -0.05) is 60.7 Å². The highest BCUT2D eigenvalue weighted by Gasteiger charge is 2.52. The quantitative estimate of drug-likeness (QED) is 0.500. The molecule has 1 aliphatic heterocycles. The van der Waals surface area contributed by atoms with Crippen molar-refractivity contribution in [2.75, 3.05) is 12.0 Å². The fourth-order valence-corrected chi connectivity index (χ4v) is 5.31. The van der Waals surface area contributed by atoms with Gasteiger partial charge in [0.05, 0.1) is 19.2 Å². The Morgan fingerprint density at radius 2 is 1.55 bits per heavy atom. The Labute approximate surface area is 194 Å². The molecule has 3 aromatic rings. The molecule has 2 fully saturated rings. The van der Waals surface area contributed by atoms with Crippen LogP contribution in [-0.2, 0) is 11.3 Å². The lowest BCUT2D eigenvalue weighted by molar-refractivity contribution is -0.122. The van der Waals surface area contributed by atoms with Crippen LogP contribution < -0.4 is 9.64 Å². The molecule has 0 N–H and O–H groups in total. The summed E-state index contributed by atoms with van der Waals surface area (Å²) in [6.45, 7) is 0.476. The monoisotopic (exact) mass is 440 g/mol. The largest absolute Gasteiger partial charge is 0.497 e. The van der Waals surface area contributed by atoms with E-state index in [9.17, 15) is 9.59 Å². The molecule has 1 saturated carbocycles. The van der Waals surface area contributed by atoms with Crippen molar-refractivity contribution in [3.05, 3.63) is 96.1 Å². The first kappa shape index (κ1) is 21.3. The molecular formula is C28H28N2O3. The minimum absolute atomic E-state index is 0.0671. The molecule has 2 aliphatic rings. The van der Waals surface area contributed by atoms with E-state index in [1.165, 1.54) is 0 Å². The summed E-state index contributed by atoms with van der Waals surface area (Å²) in [7, 11) is 1.63. The number of urea groups is 1. The molecule has 3 atom stereocenters. The molecule has 3 aromatic carbocycles. The SMILES string of the molecule is COc1ccc(N2C(=O)N(Cc3ccccc3)[C@H](C3CCCC3=O)[C@H]2c2ccccc2)cc1. The third kappa shape index (κ3) is 3.99. The number of carbonyl (C=O) groups is 2. The van der Waals surface area contributed by atoms with E-state index < -0.39 is 0 Å². The van der Waals surface area contributed by atoms with E-state index in [1.807, 2.05) is 82.6 Å². The maximum atomic E-state index is 14.0. The summed E-state index contributed by atoms with van der Waals surface area (Å²) in [6, 6.07) is 27.2. The molecule has 2 amide bonds. The van der Waals surface area contributed by atoms with E-state index in [4.69, 9.17) is 4.74 Å². The van der Waals surface area contributed by atoms with Crippen LogP contribution in [0.15, 0.2) is 84.9 Å². The van der Waals surface area contributed by atoms with Gasteiger partial charge in [0, 0.05) is 24.6 Å². The maximum Gasteiger partial charge on any atom is 0.325 e. The van der Waals surface area contributed by atoms with Crippen molar-refractivity contribution in [2.24, 2.45) is 5.92 Å². The molecule has 5 rings (SSSR count). The number of Topliss-reactive ketones (excluding diaryl/α,β-unsaturated/α-hetero) is 1. The van der Waals surface area contributed by atoms with Crippen molar-refractivity contribution in [1.29, 1.82) is 0 Å². The zero-order valence-electron chi connectivity index (χ0n) is 18.8. The van der Waals surface area contributed by atoms with Crippen LogP contribution in [0.2, 0.25) is 0 Å². The van der Waals surface area contributed by atoms with Gasteiger partial charge < -0.3 is 9.64 Å². The van der Waals surface area contributed by atoms with E-state index in [2.05, 4.69) is 12.1 Å². The number of rotatable bonds is 6. The van der Waals surface area contributed by atoms with Gasteiger partial charge in [0.1, 0.15) is 11.5 Å². The molecule has 1 saturated heterocycles. The van der Waals surface area contributed by atoms with Gasteiger partial charge in [0.25, 0.3) is 0 Å². The molecule has 33 heavy (non-hydrogen) atoms. The van der Waals surface area contributed by atoms with Crippen molar-refractivity contribution < 1.29 is 14.3 Å². The Bertz CT molecular complexity index is 1110. The maximum absolute atomic E-state index is 14.0. The van der Waals surface area contributed by atoms with E-state index in [0.29, 0.717) is 13.0 Å². The predicted octanol–water partition coefficient (Wildman–Crippen LogP) is 5.62. The Kier molecular flexibility index (Phi) is 5.86. The molecule has 0 spiro atoms. The van der Waals surface area contributed by atoms with E-state index in [1.54, 1.807) is 7.11 Å². The number of ketones is 1. The summed E-state index contributed by atoms with van der Waals surface area (Å²) < 4.78 is 5.33. The average molecular weight is 441 g/mol. The smallest absolute Gasteiger partial charge is 0.325 e. The van der Waals surface area contributed by atoms with E-state index in [0.717, 1.165) is 35.4 Å². The van der Waals surface area contributed by atoms with Crippen LogP contribution in [0.4, 0.5) is 10.5 Å².